The Bertz CT molecular complexity index is 1310. The monoisotopic (exact) mass is 550 g/mol. The van der Waals surface area contributed by atoms with Crippen molar-refractivity contribution in [1.29, 1.82) is 5.26 Å². The molecule has 0 aliphatic heterocycles. The Morgan fingerprint density at radius 3 is 2.49 bits per heavy atom. The van der Waals surface area contributed by atoms with Crippen LogP contribution in [0.1, 0.15) is 11.1 Å². The summed E-state index contributed by atoms with van der Waals surface area (Å²) in [6.45, 7) is 0.435. The second-order valence-electron chi connectivity index (χ2n) is 7.09. The van der Waals surface area contributed by atoms with Crippen molar-refractivity contribution in [2.75, 3.05) is 19.0 Å². The number of carbonyl (C=O) groups excluding carboxylic acids is 1. The maximum atomic E-state index is 12.7. The number of methoxy groups -OCH3 is 1. The molecule has 176 valence electrons. The summed E-state index contributed by atoms with van der Waals surface area (Å²) in [5, 5.41) is 12.5. The quantitative estimate of drug-likeness (QED) is 0.193. The van der Waals surface area contributed by atoms with E-state index in [2.05, 4.69) is 27.2 Å². The van der Waals surface area contributed by atoms with Crippen LogP contribution in [0.3, 0.4) is 0 Å². The van der Waals surface area contributed by atoms with Crippen molar-refractivity contribution in [3.63, 3.8) is 0 Å². The van der Waals surface area contributed by atoms with Crippen LogP contribution in [0.5, 0.6) is 17.2 Å². The number of carbonyl (C=O) groups is 1. The van der Waals surface area contributed by atoms with Crippen LogP contribution in [0.15, 0.2) is 70.7 Å². The van der Waals surface area contributed by atoms with Gasteiger partial charge in [0.05, 0.1) is 12.1 Å². The van der Waals surface area contributed by atoms with E-state index in [9.17, 15) is 10.1 Å². The maximum Gasteiger partial charge on any atom is 0.266 e. The molecule has 0 unspecified atom stereocenters. The van der Waals surface area contributed by atoms with Gasteiger partial charge in [-0.15, -0.1) is 6.42 Å². The predicted octanol–water partition coefficient (Wildman–Crippen LogP) is 6.25. The third kappa shape index (κ3) is 7.28. The highest BCUT2D eigenvalue weighted by Gasteiger charge is 2.14. The van der Waals surface area contributed by atoms with E-state index in [1.165, 1.54) is 13.2 Å². The lowest BCUT2D eigenvalue weighted by atomic mass is 10.1. The van der Waals surface area contributed by atoms with Crippen molar-refractivity contribution in [2.45, 2.75) is 6.61 Å². The molecule has 0 fully saturated rings. The lowest BCUT2D eigenvalue weighted by molar-refractivity contribution is -0.112. The summed E-state index contributed by atoms with van der Waals surface area (Å²) in [7, 11) is 1.45. The lowest BCUT2D eigenvalue weighted by Crippen LogP contribution is -2.13. The van der Waals surface area contributed by atoms with Crippen molar-refractivity contribution in [2.24, 2.45) is 0 Å². The summed E-state index contributed by atoms with van der Waals surface area (Å²) in [6.07, 6.45) is 6.63. The van der Waals surface area contributed by atoms with E-state index < -0.39 is 5.91 Å². The zero-order chi connectivity index (χ0) is 25.2. The molecular weight excluding hydrogens is 532 g/mol. The van der Waals surface area contributed by atoms with Crippen LogP contribution in [0.25, 0.3) is 6.08 Å². The first-order valence-corrected chi connectivity index (χ1v) is 11.4. The van der Waals surface area contributed by atoms with Crippen LogP contribution < -0.4 is 19.5 Å². The van der Waals surface area contributed by atoms with Gasteiger partial charge in [-0.3, -0.25) is 4.79 Å². The second kappa shape index (κ2) is 12.5. The highest BCUT2D eigenvalue weighted by atomic mass is 79.9. The molecule has 0 spiro atoms. The van der Waals surface area contributed by atoms with Gasteiger partial charge in [0.1, 0.15) is 30.6 Å². The van der Waals surface area contributed by atoms with Crippen LogP contribution in [0, 0.1) is 23.7 Å². The first-order valence-electron chi connectivity index (χ1n) is 10.3. The van der Waals surface area contributed by atoms with E-state index in [1.807, 2.05) is 30.3 Å². The van der Waals surface area contributed by atoms with E-state index in [0.717, 1.165) is 10.0 Å². The topological polar surface area (TPSA) is 80.6 Å². The van der Waals surface area contributed by atoms with Gasteiger partial charge in [-0.25, -0.2) is 0 Å². The smallest absolute Gasteiger partial charge is 0.266 e. The molecule has 0 aliphatic rings. The van der Waals surface area contributed by atoms with E-state index in [-0.39, 0.29) is 23.0 Å². The Hall–Kier alpha value is -3.91. The van der Waals surface area contributed by atoms with Crippen LogP contribution in [-0.2, 0) is 11.4 Å². The fourth-order valence-corrected chi connectivity index (χ4v) is 3.51. The van der Waals surface area contributed by atoms with Gasteiger partial charge in [-0.1, -0.05) is 45.6 Å². The summed E-state index contributed by atoms with van der Waals surface area (Å²) in [6, 6.07) is 19.8. The van der Waals surface area contributed by atoms with Crippen molar-refractivity contribution < 1.29 is 19.0 Å². The first kappa shape index (κ1) is 25.7. The number of anilines is 1. The number of nitrogens with one attached hydrogen (secondary N) is 1. The zero-order valence-electron chi connectivity index (χ0n) is 18.7. The first-order chi connectivity index (χ1) is 16.9. The molecule has 35 heavy (non-hydrogen) atoms. The fourth-order valence-electron chi connectivity index (χ4n) is 2.97. The van der Waals surface area contributed by atoms with Gasteiger partial charge >= 0.3 is 0 Å². The van der Waals surface area contributed by atoms with Gasteiger partial charge in [0.2, 0.25) is 0 Å². The molecule has 0 aliphatic carbocycles. The van der Waals surface area contributed by atoms with Gasteiger partial charge in [0.25, 0.3) is 5.91 Å². The van der Waals surface area contributed by atoms with Crippen LogP contribution in [-0.4, -0.2) is 19.6 Å². The van der Waals surface area contributed by atoms with Crippen LogP contribution in [0.2, 0.25) is 5.02 Å². The highest BCUT2D eigenvalue weighted by Crippen LogP contribution is 2.37. The van der Waals surface area contributed by atoms with Gasteiger partial charge in [-0.05, 0) is 65.7 Å². The maximum absolute atomic E-state index is 12.7. The minimum atomic E-state index is -0.571. The molecule has 0 atom stereocenters. The molecule has 0 saturated heterocycles. The molecule has 1 amide bonds. The Labute approximate surface area is 217 Å². The standard InChI is InChI=1S/C27H20BrClN2O4/c1-3-12-34-26-24(29)14-19(15-25(26)33-2)13-20(16-30)27(32)31-22-8-10-23(11-9-22)35-17-18-4-6-21(28)7-5-18/h1,4-11,13-15H,12,17H2,2H3,(H,31,32)/b20-13+. The van der Waals surface area contributed by atoms with Crippen LogP contribution in [0.4, 0.5) is 5.69 Å². The van der Waals surface area contributed by atoms with Crippen molar-refractivity contribution >= 4 is 45.2 Å². The minimum Gasteiger partial charge on any atom is -0.493 e. The summed E-state index contributed by atoms with van der Waals surface area (Å²) >= 11 is 9.67. The summed E-state index contributed by atoms with van der Waals surface area (Å²) in [4.78, 5) is 12.7. The molecule has 0 radical (unpaired) electrons. The predicted molar refractivity (Wildman–Crippen MR) is 139 cm³/mol. The van der Waals surface area contributed by atoms with Crippen molar-refractivity contribution in [3.8, 4) is 35.7 Å². The van der Waals surface area contributed by atoms with Crippen molar-refractivity contribution in [3.05, 3.63) is 86.9 Å². The summed E-state index contributed by atoms with van der Waals surface area (Å²) < 4.78 is 17.5. The number of terminal acetylenes is 1. The number of hydrogen-bond donors (Lipinski definition) is 1. The minimum absolute atomic E-state index is 0.0190. The Morgan fingerprint density at radius 1 is 1.14 bits per heavy atom. The number of nitrogens with zero attached hydrogens (tertiary/aromatic N) is 1. The number of halogens is 2. The van der Waals surface area contributed by atoms with Crippen LogP contribution >= 0.6 is 27.5 Å². The van der Waals surface area contributed by atoms with E-state index in [1.54, 1.807) is 36.4 Å². The number of amides is 1. The van der Waals surface area contributed by atoms with E-state index in [4.69, 9.17) is 32.2 Å². The second-order valence-corrected chi connectivity index (χ2v) is 8.41. The molecule has 0 aromatic heterocycles. The van der Waals surface area contributed by atoms with Gasteiger partial charge < -0.3 is 19.5 Å². The summed E-state index contributed by atoms with van der Waals surface area (Å²) in [5.74, 6) is 3.05. The summed E-state index contributed by atoms with van der Waals surface area (Å²) in [5.41, 5.74) is 1.92. The van der Waals surface area contributed by atoms with Gasteiger partial charge in [-0.2, -0.15) is 5.26 Å². The van der Waals surface area contributed by atoms with Crippen molar-refractivity contribution in [1.82, 2.24) is 0 Å². The molecule has 3 aromatic rings. The lowest BCUT2D eigenvalue weighted by Gasteiger charge is -2.12. The van der Waals surface area contributed by atoms with E-state index >= 15 is 0 Å². The third-order valence-electron chi connectivity index (χ3n) is 4.66. The number of rotatable bonds is 9. The molecule has 3 aromatic carbocycles. The Balaban J connectivity index is 1.68. The molecule has 1 N–H and O–H groups in total. The highest BCUT2D eigenvalue weighted by molar-refractivity contribution is 9.10. The molecule has 6 nitrogen and oxygen atoms in total. The van der Waals surface area contributed by atoms with Gasteiger partial charge in [0.15, 0.2) is 11.5 Å². The average molecular weight is 552 g/mol. The number of nitriles is 1. The molecule has 0 heterocycles. The fraction of sp³-hybridized carbons (Fsp3) is 0.111. The zero-order valence-corrected chi connectivity index (χ0v) is 21.0. The molecule has 8 heteroatoms. The number of ether oxygens (including phenoxy) is 3. The molecule has 3 rings (SSSR count). The normalized spacial score (nSPS) is 10.6. The molecule has 0 bridgehead atoms. The Morgan fingerprint density at radius 2 is 1.86 bits per heavy atom. The SMILES string of the molecule is C#CCOc1c(Cl)cc(/C=C(\C#N)C(=O)Nc2ccc(OCc3ccc(Br)cc3)cc2)cc1OC. The Kier molecular flexibility index (Phi) is 9.20. The van der Waals surface area contributed by atoms with Gasteiger partial charge in [0, 0.05) is 10.2 Å². The largest absolute Gasteiger partial charge is 0.493 e. The van der Waals surface area contributed by atoms with E-state index in [0.29, 0.717) is 29.4 Å². The molecule has 0 saturated carbocycles. The average Bonchev–Trinajstić information content (AvgIpc) is 2.86. The number of benzene rings is 3. The number of hydrogen-bond acceptors (Lipinski definition) is 5. The third-order valence-corrected chi connectivity index (χ3v) is 5.47. The molecular formula is C27H20BrClN2O4.